The maximum Gasteiger partial charge on any atom is 0.253 e. The molecule has 130 valence electrons. The summed E-state index contributed by atoms with van der Waals surface area (Å²) < 4.78 is 0. The number of hydrogen-bond donors (Lipinski definition) is 1. The van der Waals surface area contributed by atoms with Gasteiger partial charge >= 0.3 is 0 Å². The highest BCUT2D eigenvalue weighted by Crippen LogP contribution is 2.39. The van der Waals surface area contributed by atoms with Gasteiger partial charge in [0.25, 0.3) is 5.91 Å². The summed E-state index contributed by atoms with van der Waals surface area (Å²) in [4.78, 5) is 14.8. The van der Waals surface area contributed by atoms with Gasteiger partial charge < -0.3 is 10.2 Å². The molecule has 0 spiro atoms. The third-order valence-electron chi connectivity index (χ3n) is 5.67. The zero-order valence-corrected chi connectivity index (χ0v) is 14.9. The average molecular weight is 334 g/mol. The molecule has 0 aliphatic carbocycles. The Balaban J connectivity index is 1.56. The number of hydrogen-bond acceptors (Lipinski definition) is 2. The summed E-state index contributed by atoms with van der Waals surface area (Å²) in [6, 6.07) is 16.9. The van der Waals surface area contributed by atoms with Crippen LogP contribution in [-0.4, -0.2) is 30.4 Å². The minimum atomic E-state index is 0.0728. The number of piperidine rings is 1. The van der Waals surface area contributed by atoms with Crippen LogP contribution < -0.4 is 5.32 Å². The molecule has 1 unspecified atom stereocenters. The number of benzene rings is 2. The van der Waals surface area contributed by atoms with E-state index in [2.05, 4.69) is 54.7 Å². The zero-order valence-electron chi connectivity index (χ0n) is 14.9. The Morgan fingerprint density at radius 1 is 1.08 bits per heavy atom. The van der Waals surface area contributed by atoms with Crippen LogP contribution in [0, 0.1) is 0 Å². The van der Waals surface area contributed by atoms with Crippen LogP contribution in [0.2, 0.25) is 0 Å². The van der Waals surface area contributed by atoms with Crippen molar-refractivity contribution in [3.63, 3.8) is 0 Å². The maximum absolute atomic E-state index is 12.8. The van der Waals surface area contributed by atoms with E-state index < -0.39 is 0 Å². The lowest BCUT2D eigenvalue weighted by Crippen LogP contribution is -2.35. The van der Waals surface area contributed by atoms with Gasteiger partial charge in [0.1, 0.15) is 0 Å². The second-order valence-corrected chi connectivity index (χ2v) is 7.69. The van der Waals surface area contributed by atoms with Gasteiger partial charge in [0.05, 0.1) is 0 Å². The third-order valence-corrected chi connectivity index (χ3v) is 5.67. The second kappa shape index (κ2) is 6.55. The van der Waals surface area contributed by atoms with Crippen molar-refractivity contribution >= 4 is 11.6 Å². The molecular weight excluding hydrogens is 308 g/mol. The summed E-state index contributed by atoms with van der Waals surface area (Å²) in [7, 11) is 0. The van der Waals surface area contributed by atoms with E-state index in [1.165, 1.54) is 17.5 Å². The first-order chi connectivity index (χ1) is 12.2. The Labute approximate surface area is 150 Å². The molecule has 0 saturated carbocycles. The lowest BCUT2D eigenvalue weighted by Gasteiger charge is -2.27. The molecule has 2 heterocycles. The van der Waals surface area contributed by atoms with Crippen LogP contribution in [0.3, 0.4) is 0 Å². The smallest absolute Gasteiger partial charge is 0.253 e. The van der Waals surface area contributed by atoms with Crippen molar-refractivity contribution in [3.8, 4) is 0 Å². The van der Waals surface area contributed by atoms with E-state index >= 15 is 0 Å². The van der Waals surface area contributed by atoms with Crippen LogP contribution in [0.25, 0.3) is 0 Å². The molecule has 2 aromatic carbocycles. The molecule has 4 rings (SSSR count). The molecular formula is C22H26N2O. The Hall–Kier alpha value is -2.29. The zero-order chi connectivity index (χ0) is 17.3. The van der Waals surface area contributed by atoms with E-state index in [-0.39, 0.29) is 11.3 Å². The Morgan fingerprint density at radius 3 is 2.60 bits per heavy atom. The number of rotatable bonds is 3. The average Bonchev–Trinajstić information content (AvgIpc) is 2.99. The van der Waals surface area contributed by atoms with E-state index in [4.69, 9.17) is 0 Å². The number of likely N-dealkylation sites (tertiary alicyclic amines) is 1. The Bertz CT molecular complexity index is 765. The number of fused-ring (bicyclic) bond motifs is 1. The molecule has 25 heavy (non-hydrogen) atoms. The van der Waals surface area contributed by atoms with Gasteiger partial charge in [-0.1, -0.05) is 43.3 Å². The summed E-state index contributed by atoms with van der Waals surface area (Å²) >= 11 is 0. The fourth-order valence-corrected chi connectivity index (χ4v) is 4.22. The van der Waals surface area contributed by atoms with Crippen LogP contribution >= 0.6 is 0 Å². The van der Waals surface area contributed by atoms with Gasteiger partial charge in [-0.3, -0.25) is 4.79 Å². The lowest BCUT2D eigenvalue weighted by atomic mass is 9.79. The van der Waals surface area contributed by atoms with Gasteiger partial charge in [0.15, 0.2) is 0 Å². The highest BCUT2D eigenvalue weighted by Gasteiger charge is 2.35. The molecule has 1 saturated heterocycles. The lowest BCUT2D eigenvalue weighted by molar-refractivity contribution is 0.0724. The molecule has 1 N–H and O–H groups in total. The van der Waals surface area contributed by atoms with Gasteiger partial charge in [0.2, 0.25) is 0 Å². The highest BCUT2D eigenvalue weighted by molar-refractivity contribution is 5.95. The van der Waals surface area contributed by atoms with Crippen molar-refractivity contribution in [1.82, 2.24) is 4.90 Å². The summed E-state index contributed by atoms with van der Waals surface area (Å²) in [5.74, 6) is 0.181. The van der Waals surface area contributed by atoms with E-state index in [1.807, 2.05) is 11.0 Å². The van der Waals surface area contributed by atoms with E-state index in [1.54, 1.807) is 0 Å². The summed E-state index contributed by atoms with van der Waals surface area (Å²) in [6.45, 7) is 5.02. The second-order valence-electron chi connectivity index (χ2n) is 7.69. The first-order valence-corrected chi connectivity index (χ1v) is 9.37. The van der Waals surface area contributed by atoms with Gasteiger partial charge in [-0.25, -0.2) is 0 Å². The fourth-order valence-electron chi connectivity index (χ4n) is 4.22. The van der Waals surface area contributed by atoms with Crippen molar-refractivity contribution in [3.05, 3.63) is 65.2 Å². The molecule has 0 aromatic heterocycles. The van der Waals surface area contributed by atoms with Gasteiger partial charge in [-0.2, -0.15) is 0 Å². The highest BCUT2D eigenvalue weighted by atomic mass is 16.2. The van der Waals surface area contributed by atoms with E-state index in [9.17, 15) is 4.79 Å². The number of anilines is 1. The molecule has 1 amide bonds. The summed E-state index contributed by atoms with van der Waals surface area (Å²) in [6.07, 6.45) is 4.51. The minimum Gasteiger partial charge on any atom is -0.384 e. The molecule has 3 nitrogen and oxygen atoms in total. The first-order valence-electron chi connectivity index (χ1n) is 9.37. The molecule has 2 aliphatic rings. The molecule has 1 atom stereocenters. The van der Waals surface area contributed by atoms with Crippen LogP contribution in [0.5, 0.6) is 0 Å². The number of nitrogens with one attached hydrogen (secondary N) is 1. The number of carbonyl (C=O) groups excluding carboxylic acids is 1. The van der Waals surface area contributed by atoms with Crippen molar-refractivity contribution in [1.29, 1.82) is 0 Å². The van der Waals surface area contributed by atoms with Gasteiger partial charge in [0, 0.05) is 36.3 Å². The quantitative estimate of drug-likeness (QED) is 0.910. The molecule has 1 fully saturated rings. The number of amides is 1. The number of nitrogens with zero attached hydrogens (tertiary/aromatic N) is 1. The van der Waals surface area contributed by atoms with Gasteiger partial charge in [-0.15, -0.1) is 0 Å². The predicted molar refractivity (Wildman–Crippen MR) is 102 cm³/mol. The first kappa shape index (κ1) is 16.2. The topological polar surface area (TPSA) is 32.3 Å². The van der Waals surface area contributed by atoms with Gasteiger partial charge in [-0.05, 0) is 48.9 Å². The van der Waals surface area contributed by atoms with Crippen LogP contribution in [0.1, 0.15) is 47.7 Å². The van der Waals surface area contributed by atoms with Crippen molar-refractivity contribution in [2.24, 2.45) is 0 Å². The van der Waals surface area contributed by atoms with Crippen LogP contribution in [0.4, 0.5) is 5.69 Å². The largest absolute Gasteiger partial charge is 0.384 e. The molecule has 2 aliphatic heterocycles. The monoisotopic (exact) mass is 334 g/mol. The van der Waals surface area contributed by atoms with Crippen molar-refractivity contribution in [2.75, 3.05) is 25.0 Å². The van der Waals surface area contributed by atoms with Crippen LogP contribution in [-0.2, 0) is 11.8 Å². The molecule has 3 heteroatoms. The standard InChI is InChI=1S/C22H26N2O/c1-22(15-17-8-4-2-5-9-17)16-23-20-14-18(10-11-19(20)22)21(25)24-12-6-3-7-13-24/h2,4-5,8-11,14,23H,3,6-7,12-13,15-16H2,1H3. The predicted octanol–water partition coefficient (Wildman–Crippen LogP) is 4.24. The molecule has 0 radical (unpaired) electrons. The Kier molecular flexibility index (Phi) is 4.24. The van der Waals surface area contributed by atoms with Crippen molar-refractivity contribution < 1.29 is 4.79 Å². The van der Waals surface area contributed by atoms with E-state index in [0.717, 1.165) is 50.1 Å². The molecule has 2 aromatic rings. The maximum atomic E-state index is 12.8. The molecule has 0 bridgehead atoms. The SMILES string of the molecule is CC1(Cc2ccccc2)CNc2cc(C(=O)N3CCCCC3)ccc21. The van der Waals surface area contributed by atoms with Crippen molar-refractivity contribution in [2.45, 2.75) is 38.0 Å². The fraction of sp³-hybridized carbons (Fsp3) is 0.409. The summed E-state index contributed by atoms with van der Waals surface area (Å²) in [5, 5.41) is 3.54. The summed E-state index contributed by atoms with van der Waals surface area (Å²) in [5.41, 5.74) is 4.70. The normalized spacial score (nSPS) is 22.4. The van der Waals surface area contributed by atoms with E-state index in [0.29, 0.717) is 0 Å². The third kappa shape index (κ3) is 3.15. The van der Waals surface area contributed by atoms with Crippen LogP contribution in [0.15, 0.2) is 48.5 Å². The number of carbonyl (C=O) groups is 1. The Morgan fingerprint density at radius 2 is 1.84 bits per heavy atom. The minimum absolute atomic E-state index is 0.0728.